The van der Waals surface area contributed by atoms with Crippen LogP contribution in [0, 0.1) is 5.82 Å². The Balaban J connectivity index is 1.51. The first-order chi connectivity index (χ1) is 11.1. The third kappa shape index (κ3) is 3.90. The summed E-state index contributed by atoms with van der Waals surface area (Å²) in [5.41, 5.74) is 0.109. The predicted octanol–water partition coefficient (Wildman–Crippen LogP) is 2.32. The van der Waals surface area contributed by atoms with Crippen LogP contribution in [0.1, 0.15) is 48.9 Å². The average Bonchev–Trinajstić information content (AvgIpc) is 2.56. The van der Waals surface area contributed by atoms with Crippen molar-refractivity contribution in [2.75, 3.05) is 13.1 Å². The Kier molecular flexibility index (Phi) is 5.28. The highest BCUT2D eigenvalue weighted by Gasteiger charge is 2.31. The third-order valence-corrected chi connectivity index (χ3v) is 5.15. The molecular weight excluding hydrogens is 295 g/mol. The zero-order valence-electron chi connectivity index (χ0n) is 13.4. The maximum atomic E-state index is 13.6. The number of hydrogen-bond donors (Lipinski definition) is 2. The minimum Gasteiger partial charge on any atom is -0.391 e. The molecule has 1 aromatic rings. The third-order valence-electron chi connectivity index (χ3n) is 5.15. The molecule has 126 valence electrons. The summed E-state index contributed by atoms with van der Waals surface area (Å²) in [7, 11) is 0. The second-order valence-electron chi connectivity index (χ2n) is 6.68. The maximum absolute atomic E-state index is 13.6. The van der Waals surface area contributed by atoms with E-state index in [9.17, 15) is 14.3 Å². The molecular formula is C18H25FN2O2. The van der Waals surface area contributed by atoms with Crippen LogP contribution in [-0.4, -0.2) is 47.2 Å². The van der Waals surface area contributed by atoms with Gasteiger partial charge in [0.1, 0.15) is 5.82 Å². The molecule has 0 aromatic heterocycles. The Morgan fingerprint density at radius 2 is 1.83 bits per heavy atom. The van der Waals surface area contributed by atoms with Gasteiger partial charge < -0.3 is 10.4 Å². The Morgan fingerprint density at radius 3 is 2.52 bits per heavy atom. The minimum absolute atomic E-state index is 0.0825. The molecule has 2 fully saturated rings. The van der Waals surface area contributed by atoms with Crippen LogP contribution in [0.3, 0.4) is 0 Å². The Hall–Kier alpha value is -1.46. The number of nitrogens with one attached hydrogen (secondary N) is 1. The summed E-state index contributed by atoms with van der Waals surface area (Å²) in [5, 5.41) is 13.1. The first kappa shape index (κ1) is 16.4. The first-order valence-electron chi connectivity index (χ1n) is 8.62. The lowest BCUT2D eigenvalue weighted by Gasteiger charge is -2.41. The van der Waals surface area contributed by atoms with Crippen molar-refractivity contribution in [2.45, 2.75) is 56.7 Å². The molecule has 1 aliphatic heterocycles. The second kappa shape index (κ2) is 7.41. The second-order valence-corrected chi connectivity index (χ2v) is 6.68. The molecule has 1 heterocycles. The van der Waals surface area contributed by atoms with Gasteiger partial charge in [-0.3, -0.25) is 9.69 Å². The Morgan fingerprint density at radius 1 is 1.13 bits per heavy atom. The van der Waals surface area contributed by atoms with Crippen molar-refractivity contribution in [1.29, 1.82) is 0 Å². The van der Waals surface area contributed by atoms with Crippen molar-refractivity contribution < 1.29 is 14.3 Å². The molecule has 2 N–H and O–H groups in total. The van der Waals surface area contributed by atoms with Gasteiger partial charge in [-0.15, -0.1) is 0 Å². The van der Waals surface area contributed by atoms with Crippen molar-refractivity contribution >= 4 is 5.91 Å². The number of likely N-dealkylation sites (tertiary alicyclic amines) is 1. The molecule has 2 atom stereocenters. The number of nitrogens with zero attached hydrogens (tertiary/aromatic N) is 1. The van der Waals surface area contributed by atoms with E-state index in [0.717, 1.165) is 45.2 Å². The molecule has 1 amide bonds. The number of halogens is 1. The lowest BCUT2D eigenvalue weighted by Crippen LogP contribution is -2.52. The Bertz CT molecular complexity index is 544. The van der Waals surface area contributed by atoms with E-state index in [2.05, 4.69) is 10.2 Å². The molecule has 3 rings (SSSR count). The number of hydrogen-bond acceptors (Lipinski definition) is 3. The molecule has 5 heteroatoms. The van der Waals surface area contributed by atoms with E-state index < -0.39 is 5.82 Å². The predicted molar refractivity (Wildman–Crippen MR) is 86.7 cm³/mol. The van der Waals surface area contributed by atoms with E-state index in [4.69, 9.17) is 0 Å². The molecule has 1 saturated carbocycles. The van der Waals surface area contributed by atoms with Crippen LogP contribution < -0.4 is 5.32 Å². The highest BCUT2D eigenvalue weighted by molar-refractivity contribution is 5.94. The lowest BCUT2D eigenvalue weighted by atomic mass is 9.89. The van der Waals surface area contributed by atoms with E-state index in [0.29, 0.717) is 0 Å². The SMILES string of the molecule is O=C(NC1CCN(C2CCCCC2O)CC1)c1ccccc1F. The van der Waals surface area contributed by atoms with E-state index in [1.807, 2.05) is 0 Å². The number of benzene rings is 1. The van der Waals surface area contributed by atoms with Crippen LogP contribution in [0.5, 0.6) is 0 Å². The highest BCUT2D eigenvalue weighted by atomic mass is 19.1. The normalized spacial score (nSPS) is 26.9. The van der Waals surface area contributed by atoms with Crippen LogP contribution in [0.4, 0.5) is 4.39 Å². The number of rotatable bonds is 3. The topological polar surface area (TPSA) is 52.6 Å². The summed E-state index contributed by atoms with van der Waals surface area (Å²) in [4.78, 5) is 14.5. The van der Waals surface area contributed by atoms with Crippen LogP contribution in [0.15, 0.2) is 24.3 Å². The maximum Gasteiger partial charge on any atom is 0.254 e. The van der Waals surface area contributed by atoms with Gasteiger partial charge in [-0.25, -0.2) is 4.39 Å². The van der Waals surface area contributed by atoms with Crippen molar-refractivity contribution in [3.05, 3.63) is 35.6 Å². The van der Waals surface area contributed by atoms with E-state index in [1.54, 1.807) is 12.1 Å². The molecule has 0 spiro atoms. The largest absolute Gasteiger partial charge is 0.391 e. The van der Waals surface area contributed by atoms with E-state index in [1.165, 1.54) is 18.6 Å². The standard InChI is InChI=1S/C18H25FN2O2/c19-15-6-2-1-5-14(15)18(23)20-13-9-11-21(12-10-13)16-7-3-4-8-17(16)22/h1-2,5-6,13,16-17,22H,3-4,7-12H2,(H,20,23). The summed E-state index contributed by atoms with van der Waals surface area (Å²) in [6.45, 7) is 1.76. The molecule has 4 nitrogen and oxygen atoms in total. The van der Waals surface area contributed by atoms with Gasteiger partial charge in [0.25, 0.3) is 5.91 Å². The zero-order valence-corrected chi connectivity index (χ0v) is 13.4. The van der Waals surface area contributed by atoms with Crippen molar-refractivity contribution in [3.8, 4) is 0 Å². The van der Waals surface area contributed by atoms with E-state index >= 15 is 0 Å². The molecule has 2 aliphatic rings. The minimum atomic E-state index is -0.479. The quantitative estimate of drug-likeness (QED) is 0.899. The number of amides is 1. The Labute approximate surface area is 136 Å². The highest BCUT2D eigenvalue weighted by Crippen LogP contribution is 2.26. The molecule has 1 saturated heterocycles. The van der Waals surface area contributed by atoms with Crippen molar-refractivity contribution in [2.24, 2.45) is 0 Å². The molecule has 1 aliphatic carbocycles. The summed E-state index contributed by atoms with van der Waals surface area (Å²) in [6.07, 6.45) is 5.75. The van der Waals surface area contributed by atoms with Crippen LogP contribution in [-0.2, 0) is 0 Å². The summed E-state index contributed by atoms with van der Waals surface area (Å²) < 4.78 is 13.6. The molecule has 0 radical (unpaired) electrons. The summed E-state index contributed by atoms with van der Waals surface area (Å²) in [5.74, 6) is -0.813. The van der Waals surface area contributed by atoms with Gasteiger partial charge >= 0.3 is 0 Å². The van der Waals surface area contributed by atoms with Gasteiger partial charge in [-0.05, 0) is 37.8 Å². The summed E-state index contributed by atoms with van der Waals surface area (Å²) >= 11 is 0. The zero-order chi connectivity index (χ0) is 16.2. The number of carbonyl (C=O) groups is 1. The van der Waals surface area contributed by atoms with Crippen molar-refractivity contribution in [1.82, 2.24) is 10.2 Å². The van der Waals surface area contributed by atoms with Crippen molar-refractivity contribution in [3.63, 3.8) is 0 Å². The van der Waals surface area contributed by atoms with Crippen LogP contribution in [0.2, 0.25) is 0 Å². The van der Waals surface area contributed by atoms with Gasteiger partial charge in [0.2, 0.25) is 0 Å². The average molecular weight is 320 g/mol. The number of aliphatic hydroxyl groups is 1. The smallest absolute Gasteiger partial charge is 0.254 e. The number of carbonyl (C=O) groups excluding carboxylic acids is 1. The van der Waals surface area contributed by atoms with Gasteiger partial charge in [-0.2, -0.15) is 0 Å². The molecule has 23 heavy (non-hydrogen) atoms. The van der Waals surface area contributed by atoms with Crippen LogP contribution in [0.25, 0.3) is 0 Å². The van der Waals surface area contributed by atoms with Crippen LogP contribution >= 0.6 is 0 Å². The summed E-state index contributed by atoms with van der Waals surface area (Å²) in [6, 6.07) is 6.43. The fourth-order valence-corrected chi connectivity index (χ4v) is 3.80. The molecule has 1 aromatic carbocycles. The van der Waals surface area contributed by atoms with Gasteiger partial charge in [0, 0.05) is 25.2 Å². The first-order valence-corrected chi connectivity index (χ1v) is 8.62. The van der Waals surface area contributed by atoms with Gasteiger partial charge in [-0.1, -0.05) is 25.0 Å². The van der Waals surface area contributed by atoms with E-state index in [-0.39, 0.29) is 29.7 Å². The lowest BCUT2D eigenvalue weighted by molar-refractivity contribution is 0.00726. The molecule has 2 unspecified atom stereocenters. The number of piperidine rings is 1. The fraction of sp³-hybridized carbons (Fsp3) is 0.611. The fourth-order valence-electron chi connectivity index (χ4n) is 3.80. The number of aliphatic hydroxyl groups excluding tert-OH is 1. The molecule has 0 bridgehead atoms. The van der Waals surface area contributed by atoms with Gasteiger partial charge in [0.05, 0.1) is 11.7 Å². The van der Waals surface area contributed by atoms with Gasteiger partial charge in [0.15, 0.2) is 0 Å². The monoisotopic (exact) mass is 320 g/mol.